The number of imidazole rings is 1. The molecule has 0 saturated carbocycles. The number of aromatic amines is 2. The zero-order chi connectivity index (χ0) is 13.8. The summed E-state index contributed by atoms with van der Waals surface area (Å²) in [6.45, 7) is 5.57. The molecule has 0 aliphatic rings. The molecule has 0 atom stereocenters. The lowest BCUT2D eigenvalue weighted by Gasteiger charge is -2.21. The number of hydrogen-bond donors (Lipinski definition) is 2. The summed E-state index contributed by atoms with van der Waals surface area (Å²) in [7, 11) is 0. The molecule has 0 fully saturated rings. The third-order valence-electron chi connectivity index (χ3n) is 3.06. The van der Waals surface area contributed by atoms with E-state index in [0.29, 0.717) is 16.6 Å². The summed E-state index contributed by atoms with van der Waals surface area (Å²) >= 11 is 0. The van der Waals surface area contributed by atoms with Crippen LogP contribution >= 0.6 is 0 Å². The van der Waals surface area contributed by atoms with E-state index >= 15 is 0 Å². The molecule has 1 amide bonds. The zero-order valence-electron chi connectivity index (χ0n) is 11.3. The Morgan fingerprint density at radius 3 is 2.47 bits per heavy atom. The van der Waals surface area contributed by atoms with Gasteiger partial charge in [-0.15, -0.1) is 0 Å². The van der Waals surface area contributed by atoms with Crippen LogP contribution in [0.2, 0.25) is 0 Å². The molecule has 0 radical (unpaired) electrons. The van der Waals surface area contributed by atoms with Crippen LogP contribution in [0.4, 0.5) is 0 Å². The Morgan fingerprint density at radius 1 is 1.16 bits per heavy atom. The quantitative estimate of drug-likeness (QED) is 0.865. The van der Waals surface area contributed by atoms with Gasteiger partial charge >= 0.3 is 5.69 Å². The maximum atomic E-state index is 12.5. The van der Waals surface area contributed by atoms with Crippen LogP contribution in [0.5, 0.6) is 0 Å². The van der Waals surface area contributed by atoms with Crippen molar-refractivity contribution >= 4 is 16.9 Å². The van der Waals surface area contributed by atoms with Gasteiger partial charge < -0.3 is 14.9 Å². The summed E-state index contributed by atoms with van der Waals surface area (Å²) < 4.78 is 0. The highest BCUT2D eigenvalue weighted by molar-refractivity contribution is 6.04. The SMILES string of the molecule is CCCN(CCC)C(=O)c1cccc2[nH]c(=O)[nH]c12. The molecule has 0 bridgehead atoms. The highest BCUT2D eigenvalue weighted by Crippen LogP contribution is 2.15. The topological polar surface area (TPSA) is 69.0 Å². The van der Waals surface area contributed by atoms with Gasteiger partial charge in [0.05, 0.1) is 16.6 Å². The van der Waals surface area contributed by atoms with Gasteiger partial charge in [-0.25, -0.2) is 4.79 Å². The molecule has 5 nitrogen and oxygen atoms in total. The summed E-state index contributed by atoms with van der Waals surface area (Å²) in [6.07, 6.45) is 1.84. The Balaban J connectivity index is 2.42. The van der Waals surface area contributed by atoms with Crippen molar-refractivity contribution in [2.45, 2.75) is 26.7 Å². The minimum atomic E-state index is -0.284. The first-order valence-corrected chi connectivity index (χ1v) is 6.67. The minimum absolute atomic E-state index is 0.0236. The van der Waals surface area contributed by atoms with E-state index in [0.717, 1.165) is 25.9 Å². The van der Waals surface area contributed by atoms with Crippen LogP contribution in [-0.2, 0) is 0 Å². The molecule has 2 rings (SSSR count). The number of rotatable bonds is 5. The molecule has 1 aromatic heterocycles. The summed E-state index contributed by atoms with van der Waals surface area (Å²) in [5.74, 6) is -0.0236. The fraction of sp³-hybridized carbons (Fsp3) is 0.429. The standard InChI is InChI=1S/C14H19N3O2/c1-3-8-17(9-4-2)13(18)10-6-5-7-11-12(10)16-14(19)15-11/h5-7H,3-4,8-9H2,1-2H3,(H2,15,16,19). The number of carbonyl (C=O) groups excluding carboxylic acids is 1. The first kappa shape index (κ1) is 13.4. The first-order valence-electron chi connectivity index (χ1n) is 6.67. The average Bonchev–Trinajstić information content (AvgIpc) is 2.77. The van der Waals surface area contributed by atoms with Crippen molar-refractivity contribution in [3.63, 3.8) is 0 Å². The van der Waals surface area contributed by atoms with Crippen LogP contribution in [0.15, 0.2) is 23.0 Å². The second-order valence-corrected chi connectivity index (χ2v) is 4.60. The third-order valence-corrected chi connectivity index (χ3v) is 3.06. The minimum Gasteiger partial charge on any atom is -0.339 e. The van der Waals surface area contributed by atoms with Crippen LogP contribution < -0.4 is 5.69 Å². The number of H-pyrrole nitrogens is 2. The molecule has 102 valence electrons. The van der Waals surface area contributed by atoms with Crippen molar-refractivity contribution in [2.24, 2.45) is 0 Å². The Kier molecular flexibility index (Phi) is 4.04. The number of benzene rings is 1. The van der Waals surface area contributed by atoms with Crippen molar-refractivity contribution in [3.8, 4) is 0 Å². The lowest BCUT2D eigenvalue weighted by molar-refractivity contribution is 0.0757. The van der Waals surface area contributed by atoms with Gasteiger partial charge in [0.25, 0.3) is 5.91 Å². The van der Waals surface area contributed by atoms with E-state index in [4.69, 9.17) is 0 Å². The maximum Gasteiger partial charge on any atom is 0.323 e. The van der Waals surface area contributed by atoms with Crippen molar-refractivity contribution < 1.29 is 4.79 Å². The monoisotopic (exact) mass is 261 g/mol. The number of amides is 1. The van der Waals surface area contributed by atoms with Crippen molar-refractivity contribution in [3.05, 3.63) is 34.2 Å². The van der Waals surface area contributed by atoms with E-state index in [1.165, 1.54) is 0 Å². The number of nitrogens with one attached hydrogen (secondary N) is 2. The molecule has 0 aliphatic heterocycles. The second-order valence-electron chi connectivity index (χ2n) is 4.60. The lowest BCUT2D eigenvalue weighted by Crippen LogP contribution is -2.32. The molecule has 5 heteroatoms. The fourth-order valence-corrected chi connectivity index (χ4v) is 2.26. The number of carbonyl (C=O) groups is 1. The van der Waals surface area contributed by atoms with Crippen LogP contribution in [0.1, 0.15) is 37.0 Å². The lowest BCUT2D eigenvalue weighted by atomic mass is 10.1. The van der Waals surface area contributed by atoms with Crippen LogP contribution in [0, 0.1) is 0 Å². The predicted octanol–water partition coefficient (Wildman–Crippen LogP) is 2.12. The van der Waals surface area contributed by atoms with Crippen LogP contribution in [-0.4, -0.2) is 33.9 Å². The molecule has 0 saturated heterocycles. The number of aromatic nitrogens is 2. The first-order chi connectivity index (χ1) is 9.17. The second kappa shape index (κ2) is 5.73. The normalized spacial score (nSPS) is 10.8. The van der Waals surface area contributed by atoms with Crippen LogP contribution in [0.25, 0.3) is 11.0 Å². The van der Waals surface area contributed by atoms with Gasteiger partial charge in [-0.3, -0.25) is 4.79 Å². The van der Waals surface area contributed by atoms with Gasteiger partial charge in [0.1, 0.15) is 0 Å². The molecule has 0 unspecified atom stereocenters. The maximum absolute atomic E-state index is 12.5. The smallest absolute Gasteiger partial charge is 0.323 e. The number of fused-ring (bicyclic) bond motifs is 1. The highest BCUT2D eigenvalue weighted by Gasteiger charge is 2.17. The fourth-order valence-electron chi connectivity index (χ4n) is 2.26. The zero-order valence-corrected chi connectivity index (χ0v) is 11.3. The van der Waals surface area contributed by atoms with Crippen molar-refractivity contribution in [2.75, 3.05) is 13.1 Å². The Labute approximate surface area is 111 Å². The van der Waals surface area contributed by atoms with Crippen LogP contribution in [0.3, 0.4) is 0 Å². The van der Waals surface area contributed by atoms with Gasteiger partial charge in [-0.05, 0) is 25.0 Å². The molecule has 2 aromatic rings. The van der Waals surface area contributed by atoms with Gasteiger partial charge in [0.15, 0.2) is 0 Å². The summed E-state index contributed by atoms with van der Waals surface area (Å²) in [5.41, 5.74) is 1.53. The molecule has 19 heavy (non-hydrogen) atoms. The molecule has 1 heterocycles. The van der Waals surface area contributed by atoms with E-state index < -0.39 is 0 Å². The molecule has 0 aliphatic carbocycles. The van der Waals surface area contributed by atoms with E-state index in [9.17, 15) is 9.59 Å². The summed E-state index contributed by atoms with van der Waals surface area (Å²) in [6, 6.07) is 5.33. The number of nitrogens with zero attached hydrogens (tertiary/aromatic N) is 1. The van der Waals surface area contributed by atoms with E-state index in [-0.39, 0.29) is 11.6 Å². The van der Waals surface area contributed by atoms with Crippen molar-refractivity contribution in [1.82, 2.24) is 14.9 Å². The predicted molar refractivity (Wildman–Crippen MR) is 75.4 cm³/mol. The van der Waals surface area contributed by atoms with Gasteiger partial charge in [0.2, 0.25) is 0 Å². The van der Waals surface area contributed by atoms with E-state index in [1.807, 2.05) is 4.90 Å². The number of para-hydroxylation sites is 1. The summed E-state index contributed by atoms with van der Waals surface area (Å²) in [4.78, 5) is 31.1. The molecular formula is C14H19N3O2. The van der Waals surface area contributed by atoms with Crippen molar-refractivity contribution in [1.29, 1.82) is 0 Å². The Bertz CT molecular complexity index is 621. The number of hydrogen-bond acceptors (Lipinski definition) is 2. The van der Waals surface area contributed by atoms with Gasteiger partial charge in [0, 0.05) is 13.1 Å². The van der Waals surface area contributed by atoms with Gasteiger partial charge in [-0.2, -0.15) is 0 Å². The molecule has 1 aromatic carbocycles. The van der Waals surface area contributed by atoms with E-state index in [2.05, 4.69) is 23.8 Å². The van der Waals surface area contributed by atoms with E-state index in [1.54, 1.807) is 18.2 Å². The summed E-state index contributed by atoms with van der Waals surface area (Å²) in [5, 5.41) is 0. The molecule has 2 N–H and O–H groups in total. The Morgan fingerprint density at radius 2 is 1.84 bits per heavy atom. The molecule has 0 spiro atoms. The highest BCUT2D eigenvalue weighted by atomic mass is 16.2. The Hall–Kier alpha value is -2.04. The largest absolute Gasteiger partial charge is 0.339 e. The average molecular weight is 261 g/mol. The molecular weight excluding hydrogens is 242 g/mol. The third kappa shape index (κ3) is 2.70. The van der Waals surface area contributed by atoms with Gasteiger partial charge in [-0.1, -0.05) is 19.9 Å².